The second-order valence-corrected chi connectivity index (χ2v) is 7.20. The highest BCUT2D eigenvalue weighted by Gasteiger charge is 2.21. The standard InChI is InChI=1S/C13H20ClN3O2S/c1-2-17-7-4-11(5-8-17)10-16-20(18,19)12-3-6-15-13(14)9-12/h3,6,9,11,16H,2,4-5,7-8,10H2,1H3. The van der Waals surface area contributed by atoms with Gasteiger partial charge in [-0.1, -0.05) is 18.5 Å². The lowest BCUT2D eigenvalue weighted by molar-refractivity contribution is 0.194. The molecule has 0 aromatic carbocycles. The first-order chi connectivity index (χ1) is 9.51. The van der Waals surface area contributed by atoms with E-state index in [0.717, 1.165) is 32.5 Å². The van der Waals surface area contributed by atoms with E-state index in [2.05, 4.69) is 21.5 Å². The number of rotatable bonds is 5. The van der Waals surface area contributed by atoms with Crippen molar-refractivity contribution in [2.45, 2.75) is 24.7 Å². The van der Waals surface area contributed by atoms with Crippen LogP contribution >= 0.6 is 11.6 Å². The summed E-state index contributed by atoms with van der Waals surface area (Å²) in [5.41, 5.74) is 0. The van der Waals surface area contributed by atoms with Gasteiger partial charge in [-0.2, -0.15) is 0 Å². The zero-order valence-electron chi connectivity index (χ0n) is 11.5. The molecule has 0 unspecified atom stereocenters. The van der Waals surface area contributed by atoms with Gasteiger partial charge in [0, 0.05) is 12.7 Å². The minimum atomic E-state index is -3.49. The monoisotopic (exact) mass is 317 g/mol. The van der Waals surface area contributed by atoms with Crippen LogP contribution in [0.3, 0.4) is 0 Å². The predicted octanol–water partition coefficient (Wildman–Crippen LogP) is 1.75. The third-order valence-electron chi connectivity index (χ3n) is 3.72. The highest BCUT2D eigenvalue weighted by molar-refractivity contribution is 7.89. The maximum atomic E-state index is 12.1. The quantitative estimate of drug-likeness (QED) is 0.840. The first-order valence-corrected chi connectivity index (χ1v) is 8.71. The summed E-state index contributed by atoms with van der Waals surface area (Å²) in [5.74, 6) is 0.407. The molecular weight excluding hydrogens is 298 g/mol. The van der Waals surface area contributed by atoms with E-state index in [1.165, 1.54) is 18.3 Å². The Morgan fingerprint density at radius 1 is 1.45 bits per heavy atom. The number of hydrogen-bond acceptors (Lipinski definition) is 4. The van der Waals surface area contributed by atoms with E-state index in [9.17, 15) is 8.42 Å². The highest BCUT2D eigenvalue weighted by Crippen LogP contribution is 2.18. The number of piperidine rings is 1. The van der Waals surface area contributed by atoms with Crippen molar-refractivity contribution in [3.63, 3.8) is 0 Å². The van der Waals surface area contributed by atoms with Crippen molar-refractivity contribution in [1.29, 1.82) is 0 Å². The Labute approximate surface area is 125 Å². The summed E-state index contributed by atoms with van der Waals surface area (Å²) in [7, 11) is -3.49. The Morgan fingerprint density at radius 2 is 2.15 bits per heavy atom. The number of halogens is 1. The topological polar surface area (TPSA) is 62.3 Å². The largest absolute Gasteiger partial charge is 0.304 e. The van der Waals surface area contributed by atoms with Crippen LogP contribution in [0, 0.1) is 5.92 Å². The molecule has 1 aliphatic heterocycles. The van der Waals surface area contributed by atoms with Gasteiger partial charge in [0.2, 0.25) is 10.0 Å². The molecule has 0 saturated carbocycles. The van der Waals surface area contributed by atoms with E-state index < -0.39 is 10.0 Å². The fraction of sp³-hybridized carbons (Fsp3) is 0.615. The summed E-state index contributed by atoms with van der Waals surface area (Å²) < 4.78 is 27.0. The number of nitrogens with zero attached hydrogens (tertiary/aromatic N) is 2. The van der Waals surface area contributed by atoms with Crippen LogP contribution < -0.4 is 4.72 Å². The summed E-state index contributed by atoms with van der Waals surface area (Å²) in [4.78, 5) is 6.34. The van der Waals surface area contributed by atoms with Crippen molar-refractivity contribution in [3.05, 3.63) is 23.5 Å². The molecular formula is C13H20ClN3O2S. The smallest absolute Gasteiger partial charge is 0.240 e. The molecule has 1 aromatic heterocycles. The molecule has 0 spiro atoms. The van der Waals surface area contributed by atoms with Crippen LogP contribution in [0.25, 0.3) is 0 Å². The molecule has 20 heavy (non-hydrogen) atoms. The molecule has 5 nitrogen and oxygen atoms in total. The van der Waals surface area contributed by atoms with E-state index >= 15 is 0 Å². The molecule has 112 valence electrons. The summed E-state index contributed by atoms with van der Waals surface area (Å²) >= 11 is 5.72. The third-order valence-corrected chi connectivity index (χ3v) is 5.35. The molecule has 1 N–H and O–H groups in total. The van der Waals surface area contributed by atoms with Gasteiger partial charge in [-0.3, -0.25) is 0 Å². The van der Waals surface area contributed by atoms with E-state index in [0.29, 0.717) is 12.5 Å². The average molecular weight is 318 g/mol. The first-order valence-electron chi connectivity index (χ1n) is 6.85. The maximum absolute atomic E-state index is 12.1. The SMILES string of the molecule is CCN1CCC(CNS(=O)(=O)c2ccnc(Cl)c2)CC1. The zero-order chi connectivity index (χ0) is 14.6. The molecule has 0 aliphatic carbocycles. The lowest BCUT2D eigenvalue weighted by Crippen LogP contribution is -2.38. The van der Waals surface area contributed by atoms with E-state index in [1.807, 2.05) is 0 Å². The first kappa shape index (κ1) is 15.7. The fourth-order valence-corrected chi connectivity index (χ4v) is 3.74. The van der Waals surface area contributed by atoms with Crippen molar-refractivity contribution in [3.8, 4) is 0 Å². The summed E-state index contributed by atoms with van der Waals surface area (Å²) in [6, 6.07) is 2.82. The van der Waals surface area contributed by atoms with Crippen molar-refractivity contribution >= 4 is 21.6 Å². The van der Waals surface area contributed by atoms with Crippen LogP contribution in [0.15, 0.2) is 23.2 Å². The Morgan fingerprint density at radius 3 is 2.75 bits per heavy atom. The van der Waals surface area contributed by atoms with Crippen molar-refractivity contribution in [1.82, 2.24) is 14.6 Å². The lowest BCUT2D eigenvalue weighted by Gasteiger charge is -2.30. The fourth-order valence-electron chi connectivity index (χ4n) is 2.37. The van der Waals surface area contributed by atoms with Crippen molar-refractivity contribution in [2.24, 2.45) is 5.92 Å². The van der Waals surface area contributed by atoms with Crippen LogP contribution in [0.2, 0.25) is 5.15 Å². The van der Waals surface area contributed by atoms with E-state index in [1.54, 1.807) is 0 Å². The van der Waals surface area contributed by atoms with Gasteiger partial charge in [0.05, 0.1) is 4.90 Å². The molecule has 1 aromatic rings. The van der Waals surface area contributed by atoms with Crippen molar-refractivity contribution in [2.75, 3.05) is 26.2 Å². The van der Waals surface area contributed by atoms with Gasteiger partial charge < -0.3 is 4.90 Å². The number of nitrogens with one attached hydrogen (secondary N) is 1. The van der Waals surface area contributed by atoms with Gasteiger partial charge in [-0.15, -0.1) is 0 Å². The van der Waals surface area contributed by atoms with Gasteiger partial charge in [-0.25, -0.2) is 18.1 Å². The second kappa shape index (κ2) is 6.85. The number of pyridine rings is 1. The molecule has 1 aliphatic rings. The molecule has 1 saturated heterocycles. The Bertz CT molecular complexity index is 542. The summed E-state index contributed by atoms with van der Waals surface area (Å²) in [6.45, 7) is 5.79. The molecule has 2 heterocycles. The minimum Gasteiger partial charge on any atom is -0.304 e. The van der Waals surface area contributed by atoms with Crippen LogP contribution in [-0.2, 0) is 10.0 Å². The van der Waals surface area contributed by atoms with E-state index in [4.69, 9.17) is 11.6 Å². The van der Waals surface area contributed by atoms with Crippen LogP contribution in [0.1, 0.15) is 19.8 Å². The van der Waals surface area contributed by atoms with Gasteiger partial charge in [0.15, 0.2) is 0 Å². The maximum Gasteiger partial charge on any atom is 0.240 e. The van der Waals surface area contributed by atoms with E-state index in [-0.39, 0.29) is 10.0 Å². The summed E-state index contributed by atoms with van der Waals surface area (Å²) in [6.07, 6.45) is 3.47. The highest BCUT2D eigenvalue weighted by atomic mass is 35.5. The molecule has 0 radical (unpaired) electrons. The van der Waals surface area contributed by atoms with Gasteiger partial charge >= 0.3 is 0 Å². The lowest BCUT2D eigenvalue weighted by atomic mass is 9.97. The summed E-state index contributed by atoms with van der Waals surface area (Å²) in [5, 5.41) is 0.184. The minimum absolute atomic E-state index is 0.170. The van der Waals surface area contributed by atoms with Gasteiger partial charge in [-0.05, 0) is 50.5 Å². The second-order valence-electron chi connectivity index (χ2n) is 5.04. The number of likely N-dealkylation sites (tertiary alicyclic amines) is 1. The van der Waals surface area contributed by atoms with Gasteiger partial charge in [0.1, 0.15) is 5.15 Å². The number of aromatic nitrogens is 1. The predicted molar refractivity (Wildman–Crippen MR) is 79.3 cm³/mol. The van der Waals surface area contributed by atoms with Gasteiger partial charge in [0.25, 0.3) is 0 Å². The normalized spacial score (nSPS) is 18.3. The Kier molecular flexibility index (Phi) is 5.37. The number of sulfonamides is 1. The molecule has 1 fully saturated rings. The van der Waals surface area contributed by atoms with Crippen LogP contribution in [0.4, 0.5) is 0 Å². The third kappa shape index (κ3) is 4.15. The Hall–Kier alpha value is -0.690. The Balaban J connectivity index is 1.90. The van der Waals surface area contributed by atoms with Crippen LogP contribution in [0.5, 0.6) is 0 Å². The average Bonchev–Trinajstić information content (AvgIpc) is 2.46. The molecule has 7 heteroatoms. The molecule has 0 amide bonds. The molecule has 0 bridgehead atoms. The molecule has 0 atom stereocenters. The number of hydrogen-bond donors (Lipinski definition) is 1. The van der Waals surface area contributed by atoms with Crippen LogP contribution in [-0.4, -0.2) is 44.5 Å². The van der Waals surface area contributed by atoms with Crippen molar-refractivity contribution < 1.29 is 8.42 Å². The molecule has 2 rings (SSSR count). The zero-order valence-corrected chi connectivity index (χ0v) is 13.1.